The fourth-order valence-corrected chi connectivity index (χ4v) is 2.12. The molecule has 0 radical (unpaired) electrons. The Balaban J connectivity index is 2.30. The lowest BCUT2D eigenvalue weighted by Crippen LogP contribution is -2.17. The molecule has 0 aliphatic heterocycles. The number of aromatic nitrogens is 1. The van der Waals surface area contributed by atoms with Gasteiger partial charge in [0.05, 0.1) is 5.52 Å². The minimum absolute atomic E-state index is 0.0920. The van der Waals surface area contributed by atoms with Gasteiger partial charge in [0.15, 0.2) is 5.82 Å². The lowest BCUT2D eigenvalue weighted by atomic mass is 10.1. The number of hydrogen-bond acceptors (Lipinski definition) is 2. The monoisotopic (exact) mass is 247 g/mol. The van der Waals surface area contributed by atoms with E-state index in [-0.39, 0.29) is 17.0 Å². The number of carboxylic acids is 1. The number of rotatable bonds is 2. The predicted octanol–water partition coefficient (Wildman–Crippen LogP) is 2.24. The third-order valence-corrected chi connectivity index (χ3v) is 3.23. The maximum Gasteiger partial charge on any atom is 0.341 e. The van der Waals surface area contributed by atoms with E-state index < -0.39 is 17.3 Å². The molecule has 3 rings (SSSR count). The van der Waals surface area contributed by atoms with Crippen LogP contribution in [0.2, 0.25) is 0 Å². The number of aromatic carboxylic acids is 1. The Morgan fingerprint density at radius 2 is 2.11 bits per heavy atom. The standard InChI is InChI=1S/C13H10FNO3/c14-10-8(6-1-2-6)4-3-7-5-9(13(17)18)12(16)15-11(7)10/h3-6H,1-2H2,(H,15,16)(H,17,18). The second kappa shape index (κ2) is 3.66. The SMILES string of the molecule is O=C(O)c1cc2ccc(C3CC3)c(F)c2[nH]c1=O. The summed E-state index contributed by atoms with van der Waals surface area (Å²) in [5, 5.41) is 9.23. The summed E-state index contributed by atoms with van der Waals surface area (Å²) < 4.78 is 14.2. The molecule has 1 heterocycles. The highest BCUT2D eigenvalue weighted by molar-refractivity contribution is 5.92. The molecule has 0 unspecified atom stereocenters. The van der Waals surface area contributed by atoms with Gasteiger partial charge in [-0.3, -0.25) is 4.79 Å². The van der Waals surface area contributed by atoms with Crippen LogP contribution < -0.4 is 5.56 Å². The zero-order valence-corrected chi connectivity index (χ0v) is 9.37. The van der Waals surface area contributed by atoms with Gasteiger partial charge < -0.3 is 10.1 Å². The first kappa shape index (κ1) is 11.0. The van der Waals surface area contributed by atoms with E-state index in [9.17, 15) is 14.0 Å². The van der Waals surface area contributed by atoms with Crippen molar-refractivity contribution in [3.05, 3.63) is 45.5 Å². The van der Waals surface area contributed by atoms with Crippen LogP contribution in [0.5, 0.6) is 0 Å². The predicted molar refractivity (Wildman–Crippen MR) is 63.5 cm³/mol. The van der Waals surface area contributed by atoms with Gasteiger partial charge >= 0.3 is 5.97 Å². The van der Waals surface area contributed by atoms with Gasteiger partial charge in [-0.05, 0) is 30.4 Å². The molecule has 1 aromatic carbocycles. The average Bonchev–Trinajstić information content (AvgIpc) is 3.13. The first-order chi connectivity index (χ1) is 8.58. The number of aromatic amines is 1. The molecule has 92 valence electrons. The molecule has 1 fully saturated rings. The van der Waals surface area contributed by atoms with Crippen molar-refractivity contribution < 1.29 is 14.3 Å². The second-order valence-electron chi connectivity index (χ2n) is 4.52. The Morgan fingerprint density at radius 1 is 1.39 bits per heavy atom. The number of fused-ring (bicyclic) bond motifs is 1. The molecule has 0 amide bonds. The molecule has 0 atom stereocenters. The van der Waals surface area contributed by atoms with E-state index in [0.717, 1.165) is 12.8 Å². The smallest absolute Gasteiger partial charge is 0.341 e. The van der Waals surface area contributed by atoms with Crippen LogP contribution in [0.15, 0.2) is 23.0 Å². The van der Waals surface area contributed by atoms with Gasteiger partial charge in [0, 0.05) is 5.39 Å². The molecule has 2 aromatic rings. The van der Waals surface area contributed by atoms with Crippen molar-refractivity contribution >= 4 is 16.9 Å². The summed E-state index contributed by atoms with van der Waals surface area (Å²) in [4.78, 5) is 24.7. The summed E-state index contributed by atoms with van der Waals surface area (Å²) in [6.07, 6.45) is 1.92. The van der Waals surface area contributed by atoms with Crippen LogP contribution in [0.4, 0.5) is 4.39 Å². The van der Waals surface area contributed by atoms with E-state index in [1.54, 1.807) is 12.1 Å². The molecular weight excluding hydrogens is 237 g/mol. The molecule has 1 aliphatic carbocycles. The van der Waals surface area contributed by atoms with Gasteiger partial charge in [0.2, 0.25) is 0 Å². The van der Waals surface area contributed by atoms with Gasteiger partial charge in [-0.1, -0.05) is 12.1 Å². The Kier molecular flexibility index (Phi) is 2.23. The van der Waals surface area contributed by atoms with E-state index in [2.05, 4.69) is 4.98 Å². The van der Waals surface area contributed by atoms with Gasteiger partial charge in [-0.2, -0.15) is 0 Å². The normalized spacial score (nSPS) is 14.9. The molecule has 4 nitrogen and oxygen atoms in total. The van der Waals surface area contributed by atoms with E-state index in [4.69, 9.17) is 5.11 Å². The van der Waals surface area contributed by atoms with Crippen LogP contribution in [0.25, 0.3) is 10.9 Å². The fourth-order valence-electron chi connectivity index (χ4n) is 2.12. The lowest BCUT2D eigenvalue weighted by molar-refractivity contribution is 0.0695. The summed E-state index contributed by atoms with van der Waals surface area (Å²) >= 11 is 0. The van der Waals surface area contributed by atoms with Crippen molar-refractivity contribution in [2.75, 3.05) is 0 Å². The van der Waals surface area contributed by atoms with Gasteiger partial charge in [-0.15, -0.1) is 0 Å². The molecule has 0 spiro atoms. The van der Waals surface area contributed by atoms with Crippen LogP contribution in [-0.2, 0) is 0 Å². The third kappa shape index (κ3) is 1.59. The van der Waals surface area contributed by atoms with Gasteiger partial charge in [0.1, 0.15) is 5.56 Å². The molecule has 1 aliphatic rings. The molecular formula is C13H10FNO3. The number of halogens is 1. The molecule has 0 saturated heterocycles. The van der Waals surface area contributed by atoms with E-state index in [0.29, 0.717) is 10.9 Å². The molecule has 18 heavy (non-hydrogen) atoms. The van der Waals surface area contributed by atoms with Crippen molar-refractivity contribution in [3.8, 4) is 0 Å². The zero-order valence-electron chi connectivity index (χ0n) is 9.37. The number of carboxylic acid groups (broad SMARTS) is 1. The van der Waals surface area contributed by atoms with Crippen molar-refractivity contribution in [2.24, 2.45) is 0 Å². The summed E-state index contributed by atoms with van der Waals surface area (Å²) in [6.45, 7) is 0. The third-order valence-electron chi connectivity index (χ3n) is 3.23. The maximum absolute atomic E-state index is 14.2. The van der Waals surface area contributed by atoms with Crippen molar-refractivity contribution in [1.29, 1.82) is 0 Å². The van der Waals surface area contributed by atoms with Crippen LogP contribution in [-0.4, -0.2) is 16.1 Å². The minimum atomic E-state index is -1.31. The highest BCUT2D eigenvalue weighted by Gasteiger charge is 2.27. The number of H-pyrrole nitrogens is 1. The van der Waals surface area contributed by atoms with Crippen molar-refractivity contribution in [1.82, 2.24) is 4.98 Å². The molecule has 1 aromatic heterocycles. The van der Waals surface area contributed by atoms with Crippen LogP contribution in [0.1, 0.15) is 34.7 Å². The van der Waals surface area contributed by atoms with E-state index in [1.807, 2.05) is 0 Å². The zero-order chi connectivity index (χ0) is 12.9. The number of carbonyl (C=O) groups is 1. The largest absolute Gasteiger partial charge is 0.477 e. The van der Waals surface area contributed by atoms with E-state index >= 15 is 0 Å². The topological polar surface area (TPSA) is 70.2 Å². The number of benzene rings is 1. The average molecular weight is 247 g/mol. The molecule has 1 saturated carbocycles. The number of nitrogens with one attached hydrogen (secondary N) is 1. The van der Waals surface area contributed by atoms with Gasteiger partial charge in [0.25, 0.3) is 5.56 Å². The Hall–Kier alpha value is -2.17. The quantitative estimate of drug-likeness (QED) is 0.855. The summed E-state index contributed by atoms with van der Waals surface area (Å²) in [6, 6.07) is 4.52. The summed E-state index contributed by atoms with van der Waals surface area (Å²) in [7, 11) is 0. The molecule has 5 heteroatoms. The Bertz CT molecular complexity index is 716. The van der Waals surface area contributed by atoms with Crippen molar-refractivity contribution in [3.63, 3.8) is 0 Å². The Labute approximate surface area is 101 Å². The first-order valence-electron chi connectivity index (χ1n) is 5.66. The highest BCUT2D eigenvalue weighted by Crippen LogP contribution is 2.42. The van der Waals surface area contributed by atoms with Crippen LogP contribution in [0, 0.1) is 5.82 Å². The minimum Gasteiger partial charge on any atom is -0.477 e. The van der Waals surface area contributed by atoms with Crippen LogP contribution in [0.3, 0.4) is 0 Å². The number of pyridine rings is 1. The fraction of sp³-hybridized carbons (Fsp3) is 0.231. The van der Waals surface area contributed by atoms with E-state index in [1.165, 1.54) is 6.07 Å². The second-order valence-corrected chi connectivity index (χ2v) is 4.52. The van der Waals surface area contributed by atoms with Gasteiger partial charge in [-0.25, -0.2) is 9.18 Å². The summed E-state index contributed by atoms with van der Waals surface area (Å²) in [5.41, 5.74) is -0.460. The first-order valence-corrected chi connectivity index (χ1v) is 5.66. The van der Waals surface area contributed by atoms with Crippen molar-refractivity contribution in [2.45, 2.75) is 18.8 Å². The lowest BCUT2D eigenvalue weighted by Gasteiger charge is -2.05. The van der Waals surface area contributed by atoms with Crippen LogP contribution >= 0.6 is 0 Å². The Morgan fingerprint density at radius 3 is 2.72 bits per heavy atom. The highest BCUT2D eigenvalue weighted by atomic mass is 19.1. The molecule has 0 bridgehead atoms. The number of hydrogen-bond donors (Lipinski definition) is 2. The molecule has 2 N–H and O–H groups in total. The maximum atomic E-state index is 14.2. The summed E-state index contributed by atoms with van der Waals surface area (Å²) in [5.74, 6) is -1.52.